The van der Waals surface area contributed by atoms with Gasteiger partial charge in [-0.2, -0.15) is 0 Å². The molecule has 6 heteroatoms. The van der Waals surface area contributed by atoms with Crippen LogP contribution in [-0.2, 0) is 14.3 Å². The average molecular weight is 296 g/mol. The molecule has 2 aliphatic rings. The molecule has 2 amide bonds. The third kappa shape index (κ3) is 4.19. The van der Waals surface area contributed by atoms with Crippen molar-refractivity contribution in [2.45, 2.75) is 45.6 Å². The Balaban J connectivity index is 1.81. The number of hydrogen-bond donors (Lipinski definition) is 0. The van der Waals surface area contributed by atoms with Gasteiger partial charge in [-0.3, -0.25) is 9.59 Å². The number of piperazine rings is 1. The van der Waals surface area contributed by atoms with E-state index in [9.17, 15) is 14.4 Å². The first-order chi connectivity index (χ1) is 9.76. The van der Waals surface area contributed by atoms with Gasteiger partial charge in [0, 0.05) is 44.9 Å². The van der Waals surface area contributed by atoms with Crippen molar-refractivity contribution in [3.8, 4) is 0 Å². The van der Waals surface area contributed by atoms with Crippen molar-refractivity contribution in [1.29, 1.82) is 0 Å². The molecular formula is C15H24N2O4. The fourth-order valence-corrected chi connectivity index (χ4v) is 2.72. The van der Waals surface area contributed by atoms with E-state index in [1.807, 2.05) is 20.8 Å². The molecule has 1 aliphatic heterocycles. The number of amides is 2. The van der Waals surface area contributed by atoms with Crippen LogP contribution < -0.4 is 0 Å². The molecule has 2 rings (SSSR count). The van der Waals surface area contributed by atoms with Gasteiger partial charge in [-0.15, -0.1) is 0 Å². The number of nitrogens with zero attached hydrogens (tertiary/aromatic N) is 2. The first-order valence-electron chi connectivity index (χ1n) is 7.55. The van der Waals surface area contributed by atoms with Crippen LogP contribution >= 0.6 is 0 Å². The van der Waals surface area contributed by atoms with E-state index in [1.54, 1.807) is 9.80 Å². The Kier molecular flexibility index (Phi) is 4.54. The second-order valence-corrected chi connectivity index (χ2v) is 6.77. The van der Waals surface area contributed by atoms with Crippen LogP contribution in [0.1, 0.15) is 40.0 Å². The van der Waals surface area contributed by atoms with Gasteiger partial charge in [-0.05, 0) is 27.2 Å². The van der Waals surface area contributed by atoms with E-state index in [-0.39, 0.29) is 23.7 Å². The van der Waals surface area contributed by atoms with Crippen molar-refractivity contribution >= 4 is 17.8 Å². The van der Waals surface area contributed by atoms with E-state index in [2.05, 4.69) is 0 Å². The number of ketones is 1. The van der Waals surface area contributed by atoms with Crippen molar-refractivity contribution in [2.24, 2.45) is 5.92 Å². The van der Waals surface area contributed by atoms with Crippen LogP contribution in [0.4, 0.5) is 4.79 Å². The van der Waals surface area contributed by atoms with E-state index in [4.69, 9.17) is 4.74 Å². The SMILES string of the molecule is CC(C)(C)OC(=O)N1CCN(C(=O)C2CCC(=O)C2)CC1. The molecule has 21 heavy (non-hydrogen) atoms. The Labute approximate surface area is 125 Å². The summed E-state index contributed by atoms with van der Waals surface area (Å²) < 4.78 is 5.33. The maximum absolute atomic E-state index is 12.3. The van der Waals surface area contributed by atoms with Crippen LogP contribution in [0, 0.1) is 5.92 Å². The summed E-state index contributed by atoms with van der Waals surface area (Å²) in [6, 6.07) is 0. The zero-order valence-corrected chi connectivity index (χ0v) is 13.1. The summed E-state index contributed by atoms with van der Waals surface area (Å²) in [5.74, 6) is 0.0935. The minimum absolute atomic E-state index is 0.0599. The summed E-state index contributed by atoms with van der Waals surface area (Å²) in [5.41, 5.74) is -0.506. The molecule has 0 N–H and O–H groups in total. The van der Waals surface area contributed by atoms with Crippen LogP contribution in [-0.4, -0.2) is 59.4 Å². The molecule has 2 fully saturated rings. The summed E-state index contributed by atoms with van der Waals surface area (Å²) in [6.45, 7) is 7.51. The molecule has 1 heterocycles. The quantitative estimate of drug-likeness (QED) is 0.734. The molecule has 0 radical (unpaired) electrons. The summed E-state index contributed by atoms with van der Waals surface area (Å²) in [5, 5.41) is 0. The Morgan fingerprint density at radius 1 is 1.10 bits per heavy atom. The predicted molar refractivity (Wildman–Crippen MR) is 76.7 cm³/mol. The van der Waals surface area contributed by atoms with Gasteiger partial charge in [0.25, 0.3) is 0 Å². The predicted octanol–water partition coefficient (Wildman–Crippen LogP) is 1.43. The van der Waals surface area contributed by atoms with Gasteiger partial charge in [-0.1, -0.05) is 0 Å². The van der Waals surface area contributed by atoms with Gasteiger partial charge in [0.2, 0.25) is 5.91 Å². The molecule has 0 aromatic rings. The van der Waals surface area contributed by atoms with Crippen molar-refractivity contribution in [3.05, 3.63) is 0 Å². The lowest BCUT2D eigenvalue weighted by Crippen LogP contribution is -2.52. The zero-order chi connectivity index (χ0) is 15.6. The van der Waals surface area contributed by atoms with Crippen molar-refractivity contribution in [3.63, 3.8) is 0 Å². The van der Waals surface area contributed by atoms with Gasteiger partial charge in [0.1, 0.15) is 11.4 Å². The van der Waals surface area contributed by atoms with E-state index in [0.29, 0.717) is 45.4 Å². The Morgan fingerprint density at radius 3 is 2.14 bits per heavy atom. The number of hydrogen-bond acceptors (Lipinski definition) is 4. The number of ether oxygens (including phenoxy) is 1. The van der Waals surface area contributed by atoms with E-state index < -0.39 is 5.60 Å². The summed E-state index contributed by atoms with van der Waals surface area (Å²) in [6.07, 6.45) is 1.24. The van der Waals surface area contributed by atoms with Crippen LogP contribution in [0.25, 0.3) is 0 Å². The molecule has 1 saturated carbocycles. The van der Waals surface area contributed by atoms with E-state index >= 15 is 0 Å². The Morgan fingerprint density at radius 2 is 1.67 bits per heavy atom. The molecular weight excluding hydrogens is 272 g/mol. The maximum atomic E-state index is 12.3. The molecule has 0 aromatic heterocycles. The van der Waals surface area contributed by atoms with Gasteiger partial charge in [0.15, 0.2) is 0 Å². The molecule has 1 unspecified atom stereocenters. The first kappa shape index (κ1) is 15.8. The summed E-state index contributed by atoms with van der Waals surface area (Å²) in [7, 11) is 0. The molecule has 0 aromatic carbocycles. The number of Topliss-reactive ketones (excluding diaryl/α,β-unsaturated/α-hetero) is 1. The largest absolute Gasteiger partial charge is 0.444 e. The number of carbonyl (C=O) groups is 3. The normalized spacial score (nSPS) is 23.4. The Bertz CT molecular complexity index is 433. The highest BCUT2D eigenvalue weighted by atomic mass is 16.6. The van der Waals surface area contributed by atoms with Crippen LogP contribution in [0.5, 0.6) is 0 Å². The lowest BCUT2D eigenvalue weighted by molar-refractivity contribution is -0.137. The second-order valence-electron chi connectivity index (χ2n) is 6.77. The van der Waals surface area contributed by atoms with E-state index in [1.165, 1.54) is 0 Å². The summed E-state index contributed by atoms with van der Waals surface area (Å²) in [4.78, 5) is 38.9. The van der Waals surface area contributed by atoms with Crippen LogP contribution in [0.15, 0.2) is 0 Å². The molecule has 1 aliphatic carbocycles. The molecule has 1 saturated heterocycles. The topological polar surface area (TPSA) is 66.9 Å². The fraction of sp³-hybridized carbons (Fsp3) is 0.800. The molecule has 6 nitrogen and oxygen atoms in total. The van der Waals surface area contributed by atoms with Crippen LogP contribution in [0.3, 0.4) is 0 Å². The highest BCUT2D eigenvalue weighted by Gasteiger charge is 2.34. The zero-order valence-electron chi connectivity index (χ0n) is 13.1. The third-order valence-electron chi connectivity index (χ3n) is 3.84. The van der Waals surface area contributed by atoms with Crippen molar-refractivity contribution < 1.29 is 19.1 Å². The number of rotatable bonds is 1. The molecule has 1 atom stereocenters. The monoisotopic (exact) mass is 296 g/mol. The van der Waals surface area contributed by atoms with Gasteiger partial charge >= 0.3 is 6.09 Å². The molecule has 0 spiro atoms. The lowest BCUT2D eigenvalue weighted by Gasteiger charge is -2.36. The van der Waals surface area contributed by atoms with Gasteiger partial charge in [0.05, 0.1) is 0 Å². The molecule has 118 valence electrons. The lowest BCUT2D eigenvalue weighted by atomic mass is 10.1. The molecule has 0 bridgehead atoms. The van der Waals surface area contributed by atoms with Crippen molar-refractivity contribution in [2.75, 3.05) is 26.2 Å². The minimum Gasteiger partial charge on any atom is -0.444 e. The maximum Gasteiger partial charge on any atom is 0.410 e. The van der Waals surface area contributed by atoms with E-state index in [0.717, 1.165) is 0 Å². The highest BCUT2D eigenvalue weighted by Crippen LogP contribution is 2.24. The van der Waals surface area contributed by atoms with Gasteiger partial charge < -0.3 is 14.5 Å². The highest BCUT2D eigenvalue weighted by molar-refractivity contribution is 5.90. The van der Waals surface area contributed by atoms with Crippen LogP contribution in [0.2, 0.25) is 0 Å². The second kappa shape index (κ2) is 6.03. The smallest absolute Gasteiger partial charge is 0.410 e. The summed E-state index contributed by atoms with van der Waals surface area (Å²) >= 11 is 0. The number of carbonyl (C=O) groups excluding carboxylic acids is 3. The standard InChI is InChI=1S/C15H24N2O4/c1-15(2,3)21-14(20)17-8-6-16(7-9-17)13(19)11-4-5-12(18)10-11/h11H,4-10H2,1-3H3. The third-order valence-corrected chi connectivity index (χ3v) is 3.84. The fourth-order valence-electron chi connectivity index (χ4n) is 2.72. The van der Waals surface area contributed by atoms with Gasteiger partial charge in [-0.25, -0.2) is 4.79 Å². The first-order valence-corrected chi connectivity index (χ1v) is 7.55. The van der Waals surface area contributed by atoms with Crippen molar-refractivity contribution in [1.82, 2.24) is 9.80 Å². The Hall–Kier alpha value is -1.59. The average Bonchev–Trinajstić information content (AvgIpc) is 2.83. The minimum atomic E-state index is -0.506.